The summed E-state index contributed by atoms with van der Waals surface area (Å²) < 4.78 is 20.0. The van der Waals surface area contributed by atoms with Crippen LogP contribution in [0.3, 0.4) is 0 Å². The predicted octanol–water partition coefficient (Wildman–Crippen LogP) is 2.99. The summed E-state index contributed by atoms with van der Waals surface area (Å²) in [6.07, 6.45) is 1.41. The number of esters is 1. The first-order valence-corrected chi connectivity index (χ1v) is 6.56. The van der Waals surface area contributed by atoms with Gasteiger partial charge in [-0.2, -0.15) is 0 Å². The van der Waals surface area contributed by atoms with Crippen LogP contribution < -0.4 is 5.43 Å². The summed E-state index contributed by atoms with van der Waals surface area (Å²) in [6, 6.07) is 2.43. The summed E-state index contributed by atoms with van der Waals surface area (Å²) in [7, 11) is 0. The SMILES string of the molecule is CCOC(=O)c1cn(CC)c2cc(Cl)c(F)cc2c1=O. The summed E-state index contributed by atoms with van der Waals surface area (Å²) in [4.78, 5) is 24.0. The normalized spacial score (nSPS) is 10.8. The van der Waals surface area contributed by atoms with E-state index in [0.29, 0.717) is 12.1 Å². The summed E-state index contributed by atoms with van der Waals surface area (Å²) in [5.74, 6) is -1.41. The smallest absolute Gasteiger partial charge is 0.343 e. The number of nitrogens with zero attached hydrogens (tertiary/aromatic N) is 1. The van der Waals surface area contributed by atoms with Crippen molar-refractivity contribution in [2.45, 2.75) is 20.4 Å². The third kappa shape index (κ3) is 2.41. The number of carbonyl (C=O) groups excluding carboxylic acids is 1. The molecule has 1 aromatic heterocycles. The second-order valence-corrected chi connectivity index (χ2v) is 4.57. The number of hydrogen-bond acceptors (Lipinski definition) is 3. The molecule has 4 nitrogen and oxygen atoms in total. The maximum Gasteiger partial charge on any atom is 0.343 e. The van der Waals surface area contributed by atoms with Gasteiger partial charge in [0.05, 0.1) is 17.1 Å². The highest BCUT2D eigenvalue weighted by Crippen LogP contribution is 2.21. The minimum atomic E-state index is -0.711. The summed E-state index contributed by atoms with van der Waals surface area (Å²) in [6.45, 7) is 4.16. The quantitative estimate of drug-likeness (QED) is 0.818. The van der Waals surface area contributed by atoms with E-state index in [1.807, 2.05) is 6.92 Å². The molecule has 0 aliphatic heterocycles. The Morgan fingerprint density at radius 2 is 2.10 bits per heavy atom. The van der Waals surface area contributed by atoms with E-state index >= 15 is 0 Å². The molecule has 2 aromatic rings. The molecule has 106 valence electrons. The molecule has 0 saturated heterocycles. The molecule has 0 spiro atoms. The summed E-state index contributed by atoms with van der Waals surface area (Å²) in [5.41, 5.74) is -0.182. The maximum absolute atomic E-state index is 13.5. The third-order valence-electron chi connectivity index (χ3n) is 2.96. The zero-order valence-electron chi connectivity index (χ0n) is 11.1. The molecular formula is C14H13ClFNO3. The molecule has 0 radical (unpaired) electrons. The van der Waals surface area contributed by atoms with Gasteiger partial charge in [0.15, 0.2) is 0 Å². The zero-order valence-corrected chi connectivity index (χ0v) is 11.8. The number of rotatable bonds is 3. The molecule has 0 bridgehead atoms. The van der Waals surface area contributed by atoms with Crippen molar-refractivity contribution in [2.24, 2.45) is 0 Å². The van der Waals surface area contributed by atoms with E-state index in [0.717, 1.165) is 6.07 Å². The van der Waals surface area contributed by atoms with Crippen molar-refractivity contribution in [1.29, 1.82) is 0 Å². The fourth-order valence-electron chi connectivity index (χ4n) is 2.00. The van der Waals surface area contributed by atoms with Crippen molar-refractivity contribution in [3.05, 3.63) is 45.0 Å². The van der Waals surface area contributed by atoms with Crippen LogP contribution in [0.2, 0.25) is 5.02 Å². The van der Waals surface area contributed by atoms with Crippen molar-refractivity contribution in [3.8, 4) is 0 Å². The highest BCUT2D eigenvalue weighted by Gasteiger charge is 2.17. The van der Waals surface area contributed by atoms with E-state index in [2.05, 4.69) is 0 Å². The molecule has 0 amide bonds. The molecule has 6 heteroatoms. The largest absolute Gasteiger partial charge is 0.462 e. The third-order valence-corrected chi connectivity index (χ3v) is 3.25. The number of benzene rings is 1. The number of hydrogen-bond donors (Lipinski definition) is 0. The number of aryl methyl sites for hydroxylation is 1. The number of carbonyl (C=O) groups is 1. The average molecular weight is 298 g/mol. The number of halogens is 2. The fourth-order valence-corrected chi connectivity index (χ4v) is 2.16. The Labute approximate surface area is 119 Å². The lowest BCUT2D eigenvalue weighted by Crippen LogP contribution is -2.21. The van der Waals surface area contributed by atoms with Gasteiger partial charge < -0.3 is 9.30 Å². The van der Waals surface area contributed by atoms with Crippen LogP contribution in [0.1, 0.15) is 24.2 Å². The number of pyridine rings is 1. The van der Waals surface area contributed by atoms with Gasteiger partial charge in [-0.25, -0.2) is 9.18 Å². The molecule has 0 unspecified atom stereocenters. The lowest BCUT2D eigenvalue weighted by atomic mass is 10.1. The first-order valence-electron chi connectivity index (χ1n) is 6.18. The van der Waals surface area contributed by atoms with Crippen molar-refractivity contribution < 1.29 is 13.9 Å². The molecular weight excluding hydrogens is 285 g/mol. The Morgan fingerprint density at radius 3 is 2.70 bits per heavy atom. The molecule has 0 aliphatic rings. The molecule has 2 rings (SSSR count). The van der Waals surface area contributed by atoms with Crippen LogP contribution in [0.5, 0.6) is 0 Å². The molecule has 1 aromatic carbocycles. The van der Waals surface area contributed by atoms with Gasteiger partial charge in [0, 0.05) is 18.1 Å². The molecule has 0 fully saturated rings. The predicted molar refractivity (Wildman–Crippen MR) is 74.8 cm³/mol. The summed E-state index contributed by atoms with van der Waals surface area (Å²) in [5, 5.41) is 0.0438. The van der Waals surface area contributed by atoms with Gasteiger partial charge in [-0.05, 0) is 26.0 Å². The van der Waals surface area contributed by atoms with Crippen LogP contribution in [0.4, 0.5) is 4.39 Å². The standard InChI is InChI=1S/C14H13ClFNO3/c1-3-17-7-9(14(19)20-4-2)13(18)8-5-11(16)10(15)6-12(8)17/h5-7H,3-4H2,1-2H3. The number of aromatic nitrogens is 1. The van der Waals surface area contributed by atoms with Gasteiger partial charge in [-0.3, -0.25) is 4.79 Å². The highest BCUT2D eigenvalue weighted by atomic mass is 35.5. The Balaban J connectivity index is 2.81. The highest BCUT2D eigenvalue weighted by molar-refractivity contribution is 6.31. The van der Waals surface area contributed by atoms with Crippen molar-refractivity contribution in [3.63, 3.8) is 0 Å². The van der Waals surface area contributed by atoms with Crippen LogP contribution in [0, 0.1) is 5.82 Å². The van der Waals surface area contributed by atoms with Gasteiger partial charge in [-0.15, -0.1) is 0 Å². The molecule has 0 atom stereocenters. The van der Waals surface area contributed by atoms with Crippen molar-refractivity contribution in [2.75, 3.05) is 6.61 Å². The minimum absolute atomic E-state index is 0.0667. The fraction of sp³-hybridized carbons (Fsp3) is 0.286. The van der Waals surface area contributed by atoms with E-state index in [4.69, 9.17) is 16.3 Å². The first-order chi connectivity index (χ1) is 9.49. The van der Waals surface area contributed by atoms with E-state index in [-0.39, 0.29) is 22.6 Å². The molecule has 0 aliphatic carbocycles. The van der Waals surface area contributed by atoms with Crippen LogP contribution in [-0.4, -0.2) is 17.1 Å². The Hall–Kier alpha value is -1.88. The zero-order chi connectivity index (χ0) is 14.9. The van der Waals surface area contributed by atoms with E-state index in [1.54, 1.807) is 11.5 Å². The minimum Gasteiger partial charge on any atom is -0.462 e. The molecule has 20 heavy (non-hydrogen) atoms. The Bertz CT molecular complexity index is 739. The molecule has 0 saturated carbocycles. The first kappa shape index (κ1) is 14.5. The Morgan fingerprint density at radius 1 is 1.40 bits per heavy atom. The van der Waals surface area contributed by atoms with Gasteiger partial charge in [-0.1, -0.05) is 11.6 Å². The second-order valence-electron chi connectivity index (χ2n) is 4.16. The van der Waals surface area contributed by atoms with Crippen molar-refractivity contribution in [1.82, 2.24) is 4.57 Å². The van der Waals surface area contributed by atoms with E-state index < -0.39 is 17.2 Å². The van der Waals surface area contributed by atoms with Crippen LogP contribution in [0.15, 0.2) is 23.1 Å². The number of ether oxygens (including phenoxy) is 1. The number of fused-ring (bicyclic) bond motifs is 1. The van der Waals surface area contributed by atoms with E-state index in [9.17, 15) is 14.0 Å². The second kappa shape index (κ2) is 5.63. The lowest BCUT2D eigenvalue weighted by molar-refractivity contribution is 0.0524. The lowest BCUT2D eigenvalue weighted by Gasteiger charge is -2.11. The maximum atomic E-state index is 13.5. The Kier molecular flexibility index (Phi) is 4.09. The molecule has 1 heterocycles. The van der Waals surface area contributed by atoms with Gasteiger partial charge in [0.1, 0.15) is 11.4 Å². The van der Waals surface area contributed by atoms with Gasteiger partial charge in [0.2, 0.25) is 5.43 Å². The van der Waals surface area contributed by atoms with Crippen molar-refractivity contribution >= 4 is 28.5 Å². The van der Waals surface area contributed by atoms with E-state index in [1.165, 1.54) is 12.3 Å². The summed E-state index contributed by atoms with van der Waals surface area (Å²) >= 11 is 5.74. The molecule has 0 N–H and O–H groups in total. The monoisotopic (exact) mass is 297 g/mol. The van der Waals surface area contributed by atoms with Gasteiger partial charge in [0.25, 0.3) is 0 Å². The van der Waals surface area contributed by atoms with Gasteiger partial charge >= 0.3 is 5.97 Å². The van der Waals surface area contributed by atoms with Crippen LogP contribution in [0.25, 0.3) is 10.9 Å². The van der Waals surface area contributed by atoms with Crippen LogP contribution >= 0.6 is 11.6 Å². The average Bonchev–Trinajstić information content (AvgIpc) is 2.42. The topological polar surface area (TPSA) is 48.3 Å². The van der Waals surface area contributed by atoms with Crippen LogP contribution in [-0.2, 0) is 11.3 Å².